The third kappa shape index (κ3) is 4.32. The summed E-state index contributed by atoms with van der Waals surface area (Å²) in [6.07, 6.45) is 3.59. The minimum atomic E-state index is -0.509. The summed E-state index contributed by atoms with van der Waals surface area (Å²) in [4.78, 5) is 2.32. The molecule has 3 rings (SSSR count). The molecule has 134 valence electrons. The van der Waals surface area contributed by atoms with Crippen molar-refractivity contribution in [3.63, 3.8) is 0 Å². The second-order valence-electron chi connectivity index (χ2n) is 7.81. The number of hydrogen-bond donors (Lipinski definition) is 2. The lowest BCUT2D eigenvalue weighted by Gasteiger charge is -2.37. The molecule has 3 unspecified atom stereocenters. The van der Waals surface area contributed by atoms with Crippen LogP contribution in [0.2, 0.25) is 0 Å². The number of halogens is 2. The van der Waals surface area contributed by atoms with Crippen LogP contribution in [0.15, 0.2) is 18.2 Å². The van der Waals surface area contributed by atoms with E-state index in [9.17, 15) is 8.78 Å². The van der Waals surface area contributed by atoms with Gasteiger partial charge in [-0.1, -0.05) is 19.9 Å². The Labute approximate surface area is 143 Å². The number of nitrogens with zero attached hydrogens (tertiary/aromatic N) is 1. The van der Waals surface area contributed by atoms with E-state index in [1.807, 2.05) is 0 Å². The van der Waals surface area contributed by atoms with Gasteiger partial charge in [0.05, 0.1) is 0 Å². The third-order valence-electron chi connectivity index (χ3n) is 5.37. The number of likely N-dealkylation sites (tertiary alicyclic amines) is 1. The van der Waals surface area contributed by atoms with Crippen molar-refractivity contribution in [3.8, 4) is 0 Å². The van der Waals surface area contributed by atoms with Gasteiger partial charge in [-0.3, -0.25) is 15.8 Å². The molecule has 0 spiro atoms. The van der Waals surface area contributed by atoms with Crippen LogP contribution in [-0.2, 0) is 6.54 Å². The Hall–Kier alpha value is -1.04. The first-order valence-electron chi connectivity index (χ1n) is 9.17. The Balaban J connectivity index is 1.61. The molecule has 2 heterocycles. The standard InChI is InChI=1S/C19H29F2N3/c1-13(2)8-16-10-22-23-19(16)15-4-3-7-24(12-15)11-14-5-6-17(20)9-18(14)21/h5-6,9,13,15-16,19,22-23H,3-4,7-8,10-12H2,1-2H3. The molecule has 2 aliphatic rings. The van der Waals surface area contributed by atoms with Crippen molar-refractivity contribution in [1.29, 1.82) is 0 Å². The van der Waals surface area contributed by atoms with Crippen molar-refractivity contribution in [1.82, 2.24) is 15.8 Å². The van der Waals surface area contributed by atoms with Gasteiger partial charge in [0.15, 0.2) is 0 Å². The van der Waals surface area contributed by atoms with Crippen LogP contribution in [-0.4, -0.2) is 30.6 Å². The fraction of sp³-hybridized carbons (Fsp3) is 0.684. The maximum atomic E-state index is 13.9. The number of hydrazine groups is 1. The van der Waals surface area contributed by atoms with Crippen LogP contribution in [0.5, 0.6) is 0 Å². The highest BCUT2D eigenvalue weighted by Crippen LogP contribution is 2.29. The Morgan fingerprint density at radius 1 is 1.29 bits per heavy atom. The molecule has 1 aromatic carbocycles. The summed E-state index contributed by atoms with van der Waals surface area (Å²) >= 11 is 0. The van der Waals surface area contributed by atoms with Crippen LogP contribution >= 0.6 is 0 Å². The van der Waals surface area contributed by atoms with E-state index < -0.39 is 11.6 Å². The van der Waals surface area contributed by atoms with Crippen molar-refractivity contribution in [2.45, 2.75) is 45.7 Å². The largest absolute Gasteiger partial charge is 0.299 e. The van der Waals surface area contributed by atoms with Crippen molar-refractivity contribution in [2.75, 3.05) is 19.6 Å². The summed E-state index contributed by atoms with van der Waals surface area (Å²) in [7, 11) is 0. The predicted octanol–water partition coefficient (Wildman–Crippen LogP) is 3.32. The second-order valence-corrected chi connectivity index (χ2v) is 7.81. The fourth-order valence-electron chi connectivity index (χ4n) is 4.31. The van der Waals surface area contributed by atoms with Gasteiger partial charge in [-0.05, 0) is 49.6 Å². The van der Waals surface area contributed by atoms with Gasteiger partial charge in [0.2, 0.25) is 0 Å². The molecule has 1 aromatic rings. The van der Waals surface area contributed by atoms with Gasteiger partial charge < -0.3 is 0 Å². The van der Waals surface area contributed by atoms with Crippen LogP contribution in [0.25, 0.3) is 0 Å². The monoisotopic (exact) mass is 337 g/mol. The summed E-state index contributed by atoms with van der Waals surface area (Å²) in [6, 6.07) is 4.40. The van der Waals surface area contributed by atoms with Crippen LogP contribution < -0.4 is 10.9 Å². The molecular formula is C19H29F2N3. The predicted molar refractivity (Wildman–Crippen MR) is 92.2 cm³/mol. The number of piperidine rings is 1. The van der Waals surface area contributed by atoms with Crippen molar-refractivity contribution >= 4 is 0 Å². The average Bonchev–Trinajstić information content (AvgIpc) is 2.98. The smallest absolute Gasteiger partial charge is 0.130 e. The van der Waals surface area contributed by atoms with Crippen LogP contribution in [0.1, 0.15) is 38.7 Å². The van der Waals surface area contributed by atoms with Gasteiger partial charge in [-0.15, -0.1) is 0 Å². The Morgan fingerprint density at radius 3 is 2.88 bits per heavy atom. The zero-order valence-corrected chi connectivity index (χ0v) is 14.7. The molecule has 0 radical (unpaired) electrons. The van der Waals surface area contributed by atoms with Gasteiger partial charge in [-0.25, -0.2) is 8.78 Å². The van der Waals surface area contributed by atoms with Gasteiger partial charge >= 0.3 is 0 Å². The van der Waals surface area contributed by atoms with Gasteiger partial charge in [0, 0.05) is 37.3 Å². The highest BCUT2D eigenvalue weighted by Gasteiger charge is 2.36. The van der Waals surface area contributed by atoms with E-state index in [1.54, 1.807) is 6.07 Å². The fourth-order valence-corrected chi connectivity index (χ4v) is 4.31. The van der Waals surface area contributed by atoms with Gasteiger partial charge in [0.25, 0.3) is 0 Å². The van der Waals surface area contributed by atoms with Gasteiger partial charge in [0.1, 0.15) is 11.6 Å². The third-order valence-corrected chi connectivity index (χ3v) is 5.37. The lowest BCUT2D eigenvalue weighted by molar-refractivity contribution is 0.127. The Morgan fingerprint density at radius 2 is 2.12 bits per heavy atom. The molecule has 5 heteroatoms. The molecule has 0 saturated carbocycles. The lowest BCUT2D eigenvalue weighted by Crippen LogP contribution is -2.46. The minimum absolute atomic E-state index is 0.435. The number of hydrogen-bond acceptors (Lipinski definition) is 3. The summed E-state index contributed by atoms with van der Waals surface area (Å²) in [5.74, 6) is 1.01. The second kappa shape index (κ2) is 7.89. The normalized spacial score (nSPS) is 28.6. The van der Waals surface area contributed by atoms with E-state index in [1.165, 1.54) is 18.9 Å². The molecule has 3 atom stereocenters. The quantitative estimate of drug-likeness (QED) is 0.863. The van der Waals surface area contributed by atoms with Crippen LogP contribution in [0.3, 0.4) is 0 Å². The molecule has 3 nitrogen and oxygen atoms in total. The topological polar surface area (TPSA) is 27.3 Å². The Kier molecular flexibility index (Phi) is 5.85. The van der Waals surface area contributed by atoms with E-state index in [0.29, 0.717) is 35.9 Å². The molecule has 2 fully saturated rings. The van der Waals surface area contributed by atoms with E-state index >= 15 is 0 Å². The van der Waals surface area contributed by atoms with Gasteiger partial charge in [-0.2, -0.15) is 0 Å². The van der Waals surface area contributed by atoms with Crippen molar-refractivity contribution in [2.24, 2.45) is 17.8 Å². The first-order valence-corrected chi connectivity index (χ1v) is 9.17. The molecule has 2 aliphatic heterocycles. The highest BCUT2D eigenvalue weighted by atomic mass is 19.1. The molecule has 24 heavy (non-hydrogen) atoms. The van der Waals surface area contributed by atoms with Crippen molar-refractivity contribution < 1.29 is 8.78 Å². The number of nitrogens with one attached hydrogen (secondary N) is 2. The first kappa shape index (κ1) is 17.8. The number of rotatable bonds is 5. The maximum absolute atomic E-state index is 13.9. The molecule has 2 N–H and O–H groups in total. The zero-order valence-electron chi connectivity index (χ0n) is 14.7. The molecule has 0 aliphatic carbocycles. The summed E-state index contributed by atoms with van der Waals surface area (Å²) < 4.78 is 27.0. The van der Waals surface area contributed by atoms with E-state index in [-0.39, 0.29) is 0 Å². The number of benzene rings is 1. The first-order chi connectivity index (χ1) is 11.5. The molecule has 2 saturated heterocycles. The summed E-state index contributed by atoms with van der Waals surface area (Å²) in [6.45, 7) is 8.12. The molecule has 0 bridgehead atoms. The van der Waals surface area contributed by atoms with Crippen LogP contribution in [0.4, 0.5) is 8.78 Å². The summed E-state index contributed by atoms with van der Waals surface area (Å²) in [5.41, 5.74) is 7.41. The minimum Gasteiger partial charge on any atom is -0.299 e. The zero-order chi connectivity index (χ0) is 17.1. The molecule has 0 amide bonds. The molecular weight excluding hydrogens is 308 g/mol. The van der Waals surface area contributed by atoms with E-state index in [2.05, 4.69) is 29.6 Å². The maximum Gasteiger partial charge on any atom is 0.130 e. The van der Waals surface area contributed by atoms with E-state index in [4.69, 9.17) is 0 Å². The van der Waals surface area contributed by atoms with E-state index in [0.717, 1.165) is 32.1 Å². The Bertz CT molecular complexity index is 549. The highest BCUT2D eigenvalue weighted by molar-refractivity contribution is 5.18. The average molecular weight is 337 g/mol. The van der Waals surface area contributed by atoms with Crippen molar-refractivity contribution in [3.05, 3.63) is 35.4 Å². The SMILES string of the molecule is CC(C)CC1CNNC1C1CCCN(Cc2ccc(F)cc2F)C1. The summed E-state index contributed by atoms with van der Waals surface area (Å²) in [5, 5.41) is 0. The molecule has 0 aromatic heterocycles. The lowest BCUT2D eigenvalue weighted by atomic mass is 9.81. The van der Waals surface area contributed by atoms with Crippen LogP contribution in [0, 0.1) is 29.4 Å².